The summed E-state index contributed by atoms with van der Waals surface area (Å²) < 4.78 is 0. The summed E-state index contributed by atoms with van der Waals surface area (Å²) in [6.07, 6.45) is 1.12. The predicted molar refractivity (Wildman–Crippen MR) is 84.0 cm³/mol. The summed E-state index contributed by atoms with van der Waals surface area (Å²) in [5.41, 5.74) is 8.57. The van der Waals surface area contributed by atoms with Gasteiger partial charge in [-0.15, -0.1) is 0 Å². The lowest BCUT2D eigenvalue weighted by atomic mass is 9.87. The first-order valence-electron chi connectivity index (χ1n) is 7.11. The van der Waals surface area contributed by atoms with Crippen molar-refractivity contribution in [1.82, 2.24) is 0 Å². The minimum atomic E-state index is 0.570. The maximum atomic E-state index is 2.37. The van der Waals surface area contributed by atoms with Gasteiger partial charge < -0.3 is 0 Å². The van der Waals surface area contributed by atoms with Crippen LogP contribution >= 0.6 is 0 Å². The molecule has 1 atom stereocenters. The van der Waals surface area contributed by atoms with Crippen LogP contribution in [0.4, 0.5) is 0 Å². The lowest BCUT2D eigenvalue weighted by Gasteiger charge is -2.18. The van der Waals surface area contributed by atoms with Gasteiger partial charge in [-0.05, 0) is 73.4 Å². The number of rotatable bonds is 3. The molecule has 1 unspecified atom stereocenters. The van der Waals surface area contributed by atoms with E-state index in [0.29, 0.717) is 5.92 Å². The Morgan fingerprint density at radius 2 is 1.42 bits per heavy atom. The first-order valence-corrected chi connectivity index (χ1v) is 7.11. The highest BCUT2D eigenvalue weighted by Crippen LogP contribution is 2.27. The molecule has 0 radical (unpaired) electrons. The van der Waals surface area contributed by atoms with Crippen LogP contribution < -0.4 is 0 Å². The Kier molecular flexibility index (Phi) is 4.09. The molecule has 0 spiro atoms. The molecule has 0 saturated heterocycles. The molecule has 2 aromatic carbocycles. The minimum Gasteiger partial charge on any atom is -0.0620 e. The largest absolute Gasteiger partial charge is 0.0620 e. The van der Waals surface area contributed by atoms with Gasteiger partial charge in [0.2, 0.25) is 0 Å². The molecule has 0 nitrogen and oxygen atoms in total. The fraction of sp³-hybridized carbons (Fsp3) is 0.368. The van der Waals surface area contributed by atoms with Gasteiger partial charge in [-0.2, -0.15) is 0 Å². The first-order chi connectivity index (χ1) is 8.99. The smallest absolute Gasteiger partial charge is 0.0147 e. The average molecular weight is 252 g/mol. The predicted octanol–water partition coefficient (Wildman–Crippen LogP) is 5.27. The first kappa shape index (κ1) is 13.9. The molecule has 0 aliphatic carbocycles. The van der Waals surface area contributed by atoms with Gasteiger partial charge in [0, 0.05) is 0 Å². The Hall–Kier alpha value is -1.56. The summed E-state index contributed by atoms with van der Waals surface area (Å²) in [6.45, 7) is 11.2. The molecule has 0 aliphatic rings. The molecule has 0 saturated carbocycles. The van der Waals surface area contributed by atoms with Crippen molar-refractivity contribution in [2.75, 3.05) is 0 Å². The molecule has 0 aliphatic heterocycles. The second kappa shape index (κ2) is 5.61. The summed E-state index contributed by atoms with van der Waals surface area (Å²) >= 11 is 0. The molecular weight excluding hydrogens is 228 g/mol. The van der Waals surface area contributed by atoms with Crippen LogP contribution in [-0.2, 0) is 6.42 Å². The van der Waals surface area contributed by atoms with Crippen LogP contribution in [0.15, 0.2) is 36.4 Å². The van der Waals surface area contributed by atoms with Crippen molar-refractivity contribution in [3.05, 3.63) is 69.8 Å². The van der Waals surface area contributed by atoms with E-state index >= 15 is 0 Å². The zero-order valence-electron chi connectivity index (χ0n) is 12.7. The molecule has 100 valence electrons. The lowest BCUT2D eigenvalue weighted by molar-refractivity contribution is 0.748. The maximum Gasteiger partial charge on any atom is -0.0147 e. The van der Waals surface area contributed by atoms with Crippen LogP contribution in [0, 0.1) is 27.7 Å². The van der Waals surface area contributed by atoms with E-state index in [-0.39, 0.29) is 0 Å². The van der Waals surface area contributed by atoms with Gasteiger partial charge in [-0.3, -0.25) is 0 Å². The fourth-order valence-corrected chi connectivity index (χ4v) is 2.79. The van der Waals surface area contributed by atoms with Gasteiger partial charge in [0.1, 0.15) is 0 Å². The van der Waals surface area contributed by atoms with Crippen molar-refractivity contribution in [3.8, 4) is 0 Å². The number of benzene rings is 2. The lowest BCUT2D eigenvalue weighted by Crippen LogP contribution is -2.03. The monoisotopic (exact) mass is 252 g/mol. The number of aryl methyl sites for hydroxylation is 4. The van der Waals surface area contributed by atoms with E-state index in [4.69, 9.17) is 0 Å². The summed E-state index contributed by atoms with van der Waals surface area (Å²) in [5.74, 6) is 0.570. The molecular formula is C19H24. The second-order valence-corrected chi connectivity index (χ2v) is 5.82. The van der Waals surface area contributed by atoms with Gasteiger partial charge in [0.05, 0.1) is 0 Å². The molecule has 0 bridgehead atoms. The molecule has 0 N–H and O–H groups in total. The third kappa shape index (κ3) is 3.07. The molecule has 0 aromatic heterocycles. The Labute approximate surface area is 117 Å². The van der Waals surface area contributed by atoms with Crippen LogP contribution in [0.5, 0.6) is 0 Å². The average Bonchev–Trinajstić information content (AvgIpc) is 2.36. The standard InChI is InChI=1S/C19H24/c1-13-8-6-7-9-18(13)11-17(5)19-12-15(3)14(2)10-16(19)4/h6-10,12,17H,11H2,1-5H3. The fourth-order valence-electron chi connectivity index (χ4n) is 2.79. The van der Waals surface area contributed by atoms with E-state index in [9.17, 15) is 0 Å². The van der Waals surface area contributed by atoms with E-state index in [1.54, 1.807) is 0 Å². The summed E-state index contributed by atoms with van der Waals surface area (Å²) in [7, 11) is 0. The van der Waals surface area contributed by atoms with E-state index < -0.39 is 0 Å². The number of hydrogen-bond donors (Lipinski definition) is 0. The van der Waals surface area contributed by atoms with Crippen molar-refractivity contribution in [3.63, 3.8) is 0 Å². The Morgan fingerprint density at radius 1 is 0.789 bits per heavy atom. The maximum absolute atomic E-state index is 2.37. The minimum absolute atomic E-state index is 0.570. The normalized spacial score (nSPS) is 12.5. The number of hydrogen-bond acceptors (Lipinski definition) is 0. The Bertz CT molecular complexity index is 579. The molecule has 0 amide bonds. The highest BCUT2D eigenvalue weighted by atomic mass is 14.2. The highest BCUT2D eigenvalue weighted by Gasteiger charge is 2.11. The topological polar surface area (TPSA) is 0 Å². The molecule has 0 fully saturated rings. The zero-order valence-corrected chi connectivity index (χ0v) is 12.7. The van der Waals surface area contributed by atoms with E-state index in [2.05, 4.69) is 71.0 Å². The van der Waals surface area contributed by atoms with E-state index in [1.165, 1.54) is 33.4 Å². The quantitative estimate of drug-likeness (QED) is 0.698. The van der Waals surface area contributed by atoms with E-state index in [1.807, 2.05) is 0 Å². The van der Waals surface area contributed by atoms with Crippen molar-refractivity contribution in [2.45, 2.75) is 47.0 Å². The van der Waals surface area contributed by atoms with Crippen molar-refractivity contribution >= 4 is 0 Å². The van der Waals surface area contributed by atoms with Gasteiger partial charge in [-0.25, -0.2) is 0 Å². The summed E-state index contributed by atoms with van der Waals surface area (Å²) in [6, 6.07) is 13.4. The van der Waals surface area contributed by atoms with Crippen LogP contribution in [0.3, 0.4) is 0 Å². The van der Waals surface area contributed by atoms with Gasteiger partial charge in [-0.1, -0.05) is 43.3 Å². The molecule has 2 aromatic rings. The van der Waals surface area contributed by atoms with Crippen molar-refractivity contribution in [2.24, 2.45) is 0 Å². The van der Waals surface area contributed by atoms with E-state index in [0.717, 1.165) is 6.42 Å². The summed E-state index contributed by atoms with van der Waals surface area (Å²) in [4.78, 5) is 0. The van der Waals surface area contributed by atoms with Gasteiger partial charge in [0.25, 0.3) is 0 Å². The van der Waals surface area contributed by atoms with Crippen LogP contribution in [0.1, 0.15) is 46.2 Å². The van der Waals surface area contributed by atoms with Gasteiger partial charge >= 0.3 is 0 Å². The Morgan fingerprint density at radius 3 is 2.11 bits per heavy atom. The Balaban J connectivity index is 2.28. The van der Waals surface area contributed by atoms with Crippen LogP contribution in [0.2, 0.25) is 0 Å². The van der Waals surface area contributed by atoms with Crippen LogP contribution in [0.25, 0.3) is 0 Å². The molecule has 0 heterocycles. The third-order valence-corrected chi connectivity index (χ3v) is 4.20. The van der Waals surface area contributed by atoms with Crippen LogP contribution in [-0.4, -0.2) is 0 Å². The second-order valence-electron chi connectivity index (χ2n) is 5.82. The molecule has 0 heteroatoms. The van der Waals surface area contributed by atoms with Crippen molar-refractivity contribution in [1.29, 1.82) is 0 Å². The zero-order chi connectivity index (χ0) is 14.0. The van der Waals surface area contributed by atoms with Crippen molar-refractivity contribution < 1.29 is 0 Å². The SMILES string of the molecule is Cc1cc(C)c(C(C)Cc2ccccc2C)cc1C. The highest BCUT2D eigenvalue weighted by molar-refractivity contribution is 5.39. The summed E-state index contributed by atoms with van der Waals surface area (Å²) in [5, 5.41) is 0. The van der Waals surface area contributed by atoms with Gasteiger partial charge in [0.15, 0.2) is 0 Å². The third-order valence-electron chi connectivity index (χ3n) is 4.20. The molecule has 2 rings (SSSR count). The molecule has 19 heavy (non-hydrogen) atoms.